The van der Waals surface area contributed by atoms with E-state index in [0.717, 1.165) is 21.7 Å². The van der Waals surface area contributed by atoms with Gasteiger partial charge in [-0.3, -0.25) is 9.10 Å². The number of sulfonamides is 1. The van der Waals surface area contributed by atoms with E-state index in [4.69, 9.17) is 4.74 Å². The van der Waals surface area contributed by atoms with Crippen molar-refractivity contribution in [3.63, 3.8) is 0 Å². The molecule has 0 aliphatic heterocycles. The average Bonchev–Trinajstić information content (AvgIpc) is 2.57. The third-order valence-corrected chi connectivity index (χ3v) is 5.43. The molecule has 0 aromatic heterocycles. The summed E-state index contributed by atoms with van der Waals surface area (Å²) < 4.78 is 30.9. The van der Waals surface area contributed by atoms with Crippen molar-refractivity contribution in [2.45, 2.75) is 26.8 Å². The molecule has 0 aliphatic carbocycles. The molecule has 26 heavy (non-hydrogen) atoms. The van der Waals surface area contributed by atoms with Crippen LogP contribution in [0.25, 0.3) is 0 Å². The molecule has 0 bridgehead atoms. The zero-order valence-electron chi connectivity index (χ0n) is 15.6. The van der Waals surface area contributed by atoms with Crippen LogP contribution in [0.5, 0.6) is 5.75 Å². The zero-order chi connectivity index (χ0) is 19.5. The summed E-state index contributed by atoms with van der Waals surface area (Å²) in [4.78, 5) is 12.6. The maximum absolute atomic E-state index is 12.6. The molecule has 0 spiro atoms. The summed E-state index contributed by atoms with van der Waals surface area (Å²) in [5.41, 5.74) is 3.04. The van der Waals surface area contributed by atoms with Gasteiger partial charge in [0.1, 0.15) is 11.8 Å². The van der Waals surface area contributed by atoms with Crippen LogP contribution >= 0.6 is 0 Å². The first-order valence-electron chi connectivity index (χ1n) is 8.15. The van der Waals surface area contributed by atoms with Crippen LogP contribution in [0.1, 0.15) is 18.1 Å². The van der Waals surface area contributed by atoms with Crippen LogP contribution in [-0.4, -0.2) is 33.7 Å². The van der Waals surface area contributed by atoms with E-state index in [1.807, 2.05) is 19.9 Å². The predicted molar refractivity (Wildman–Crippen MR) is 104 cm³/mol. The second-order valence-electron chi connectivity index (χ2n) is 6.22. The van der Waals surface area contributed by atoms with Gasteiger partial charge in [0.05, 0.1) is 19.1 Å². The van der Waals surface area contributed by atoms with Crippen molar-refractivity contribution < 1.29 is 17.9 Å². The lowest BCUT2D eigenvalue weighted by atomic mass is 10.1. The van der Waals surface area contributed by atoms with Crippen molar-refractivity contribution in [2.75, 3.05) is 23.0 Å². The van der Waals surface area contributed by atoms with Gasteiger partial charge in [-0.25, -0.2) is 8.42 Å². The average molecular weight is 376 g/mol. The lowest BCUT2D eigenvalue weighted by molar-refractivity contribution is -0.116. The highest BCUT2D eigenvalue weighted by Gasteiger charge is 2.29. The number of anilines is 2. The van der Waals surface area contributed by atoms with Crippen LogP contribution in [0.2, 0.25) is 0 Å². The van der Waals surface area contributed by atoms with Gasteiger partial charge in [0.15, 0.2) is 0 Å². The van der Waals surface area contributed by atoms with Crippen LogP contribution in [0.15, 0.2) is 42.5 Å². The quantitative estimate of drug-likeness (QED) is 0.840. The summed E-state index contributed by atoms with van der Waals surface area (Å²) in [6, 6.07) is 11.3. The number of aryl methyl sites for hydroxylation is 2. The van der Waals surface area contributed by atoms with Gasteiger partial charge in [0, 0.05) is 5.69 Å². The number of benzene rings is 2. The standard InChI is InChI=1S/C19H24N2O4S/c1-13-6-9-17(12-14(13)2)21(26(5,23)24)15(3)19(22)20-16-7-10-18(25-4)11-8-16/h6-12,15H,1-5H3,(H,20,22)/t15-/m1/s1. The predicted octanol–water partition coefficient (Wildman–Crippen LogP) is 3.11. The van der Waals surface area contributed by atoms with Crippen molar-refractivity contribution in [2.24, 2.45) is 0 Å². The largest absolute Gasteiger partial charge is 0.497 e. The number of carbonyl (C=O) groups excluding carboxylic acids is 1. The minimum atomic E-state index is -3.64. The number of hydrogen-bond acceptors (Lipinski definition) is 4. The number of hydrogen-bond donors (Lipinski definition) is 1. The van der Waals surface area contributed by atoms with Gasteiger partial charge in [0.25, 0.3) is 0 Å². The molecular formula is C19H24N2O4S. The van der Waals surface area contributed by atoms with E-state index in [-0.39, 0.29) is 0 Å². The monoisotopic (exact) mass is 376 g/mol. The van der Waals surface area contributed by atoms with Gasteiger partial charge >= 0.3 is 0 Å². The molecule has 6 nitrogen and oxygen atoms in total. The highest BCUT2D eigenvalue weighted by molar-refractivity contribution is 7.92. The third-order valence-electron chi connectivity index (χ3n) is 4.19. The van der Waals surface area contributed by atoms with Gasteiger partial charge in [0.2, 0.25) is 15.9 Å². The van der Waals surface area contributed by atoms with E-state index in [2.05, 4.69) is 5.32 Å². The fourth-order valence-corrected chi connectivity index (χ4v) is 3.76. The van der Waals surface area contributed by atoms with Crippen LogP contribution in [0.4, 0.5) is 11.4 Å². The highest BCUT2D eigenvalue weighted by Crippen LogP contribution is 2.24. The summed E-state index contributed by atoms with van der Waals surface area (Å²) >= 11 is 0. The van der Waals surface area contributed by atoms with E-state index in [1.54, 1.807) is 50.4 Å². The summed E-state index contributed by atoms with van der Waals surface area (Å²) in [5, 5.41) is 2.74. The van der Waals surface area contributed by atoms with Gasteiger partial charge in [-0.2, -0.15) is 0 Å². The Morgan fingerprint density at radius 1 is 1.08 bits per heavy atom. The fraction of sp³-hybridized carbons (Fsp3) is 0.316. The van der Waals surface area contributed by atoms with Crippen molar-refractivity contribution in [3.8, 4) is 5.75 Å². The fourth-order valence-electron chi connectivity index (χ4n) is 2.59. The van der Waals surface area contributed by atoms with E-state index in [0.29, 0.717) is 17.1 Å². The summed E-state index contributed by atoms with van der Waals surface area (Å²) in [6.07, 6.45) is 1.10. The van der Waals surface area contributed by atoms with Crippen LogP contribution < -0.4 is 14.4 Å². The molecule has 0 fully saturated rings. The third kappa shape index (κ3) is 4.54. The normalized spacial score (nSPS) is 12.3. The molecule has 0 aliphatic rings. The summed E-state index contributed by atoms with van der Waals surface area (Å²) in [6.45, 7) is 5.42. The Balaban J connectivity index is 2.29. The zero-order valence-corrected chi connectivity index (χ0v) is 16.4. The Bertz CT molecular complexity index is 892. The number of ether oxygens (including phenoxy) is 1. The Kier molecular flexibility index (Phi) is 5.92. The SMILES string of the molecule is COc1ccc(NC(=O)[C@@H](C)N(c2ccc(C)c(C)c2)S(C)(=O)=O)cc1. The molecule has 0 saturated heterocycles. The Morgan fingerprint density at radius 3 is 2.19 bits per heavy atom. The molecule has 7 heteroatoms. The van der Waals surface area contributed by atoms with Crippen molar-refractivity contribution in [1.82, 2.24) is 0 Å². The topological polar surface area (TPSA) is 75.7 Å². The van der Waals surface area contributed by atoms with E-state index in [1.165, 1.54) is 0 Å². The molecule has 0 radical (unpaired) electrons. The second-order valence-corrected chi connectivity index (χ2v) is 8.08. The Labute approximate surface area is 154 Å². The van der Waals surface area contributed by atoms with E-state index >= 15 is 0 Å². The molecular weight excluding hydrogens is 352 g/mol. The molecule has 2 aromatic rings. The molecule has 2 aromatic carbocycles. The number of nitrogens with one attached hydrogen (secondary N) is 1. The van der Waals surface area contributed by atoms with Gasteiger partial charge < -0.3 is 10.1 Å². The first kappa shape index (κ1) is 19.8. The lowest BCUT2D eigenvalue weighted by Crippen LogP contribution is -2.45. The smallest absolute Gasteiger partial charge is 0.247 e. The Morgan fingerprint density at radius 2 is 1.69 bits per heavy atom. The number of methoxy groups -OCH3 is 1. The first-order valence-corrected chi connectivity index (χ1v) is 10.00. The number of carbonyl (C=O) groups is 1. The minimum Gasteiger partial charge on any atom is -0.497 e. The van der Waals surface area contributed by atoms with Crippen molar-refractivity contribution in [1.29, 1.82) is 0 Å². The molecule has 0 heterocycles. The molecule has 1 amide bonds. The molecule has 0 saturated carbocycles. The maximum atomic E-state index is 12.6. The summed E-state index contributed by atoms with van der Waals surface area (Å²) in [5.74, 6) is 0.253. The maximum Gasteiger partial charge on any atom is 0.247 e. The number of amides is 1. The van der Waals surface area contributed by atoms with E-state index < -0.39 is 22.0 Å². The van der Waals surface area contributed by atoms with Crippen LogP contribution in [0.3, 0.4) is 0 Å². The molecule has 0 unspecified atom stereocenters. The van der Waals surface area contributed by atoms with Crippen LogP contribution in [-0.2, 0) is 14.8 Å². The Hall–Kier alpha value is -2.54. The molecule has 1 N–H and O–H groups in total. The van der Waals surface area contributed by atoms with Crippen LogP contribution in [0, 0.1) is 13.8 Å². The molecule has 2 rings (SSSR count). The summed E-state index contributed by atoms with van der Waals surface area (Å²) in [7, 11) is -2.08. The number of rotatable bonds is 6. The van der Waals surface area contributed by atoms with Crippen molar-refractivity contribution in [3.05, 3.63) is 53.6 Å². The molecule has 1 atom stereocenters. The van der Waals surface area contributed by atoms with Gasteiger partial charge in [-0.05, 0) is 68.3 Å². The van der Waals surface area contributed by atoms with E-state index in [9.17, 15) is 13.2 Å². The second kappa shape index (κ2) is 7.78. The minimum absolute atomic E-state index is 0.418. The lowest BCUT2D eigenvalue weighted by Gasteiger charge is -2.28. The van der Waals surface area contributed by atoms with Crippen molar-refractivity contribution >= 4 is 27.3 Å². The van der Waals surface area contributed by atoms with Gasteiger partial charge in [-0.15, -0.1) is 0 Å². The number of nitrogens with zero attached hydrogens (tertiary/aromatic N) is 1. The highest BCUT2D eigenvalue weighted by atomic mass is 32.2. The first-order chi connectivity index (χ1) is 12.1. The molecule has 140 valence electrons. The van der Waals surface area contributed by atoms with Gasteiger partial charge in [-0.1, -0.05) is 6.07 Å².